The predicted octanol–water partition coefficient (Wildman–Crippen LogP) is 3.18. The van der Waals surface area contributed by atoms with Gasteiger partial charge < -0.3 is 25.0 Å². The fraction of sp³-hybridized carbons (Fsp3) is 0.696. The fourth-order valence-corrected chi connectivity index (χ4v) is 4.38. The molecule has 0 amide bonds. The highest BCUT2D eigenvalue weighted by Gasteiger charge is 2.33. The highest BCUT2D eigenvalue weighted by atomic mass is 16.5. The number of aliphatic imine (C=N–C) groups is 1. The number of benzene rings is 1. The van der Waals surface area contributed by atoms with E-state index in [9.17, 15) is 0 Å². The van der Waals surface area contributed by atoms with E-state index in [4.69, 9.17) is 14.5 Å². The summed E-state index contributed by atoms with van der Waals surface area (Å²) in [7, 11) is 1.80. The van der Waals surface area contributed by atoms with E-state index in [-0.39, 0.29) is 0 Å². The molecule has 2 N–H and O–H groups in total. The number of hydrogen-bond donors (Lipinski definition) is 2. The van der Waals surface area contributed by atoms with Crippen LogP contribution in [0.2, 0.25) is 0 Å². The fourth-order valence-electron chi connectivity index (χ4n) is 4.38. The van der Waals surface area contributed by atoms with Crippen molar-refractivity contribution in [2.24, 2.45) is 10.4 Å². The lowest BCUT2D eigenvalue weighted by Crippen LogP contribution is -2.43. The van der Waals surface area contributed by atoms with Crippen LogP contribution in [0.4, 0.5) is 5.69 Å². The van der Waals surface area contributed by atoms with Crippen LogP contribution in [0, 0.1) is 5.41 Å². The number of nitrogens with zero attached hydrogens (tertiary/aromatic N) is 2. The van der Waals surface area contributed by atoms with Gasteiger partial charge in [0.05, 0.1) is 19.8 Å². The van der Waals surface area contributed by atoms with E-state index in [1.165, 1.54) is 36.9 Å². The van der Waals surface area contributed by atoms with Crippen molar-refractivity contribution in [1.29, 1.82) is 0 Å². The summed E-state index contributed by atoms with van der Waals surface area (Å²) in [6.07, 6.45) is 6.35. The van der Waals surface area contributed by atoms with Gasteiger partial charge in [-0.3, -0.25) is 0 Å². The molecule has 29 heavy (non-hydrogen) atoms. The number of ether oxygens (including phenoxy) is 2. The van der Waals surface area contributed by atoms with Crippen molar-refractivity contribution in [2.75, 3.05) is 58.0 Å². The monoisotopic (exact) mass is 402 g/mol. The Morgan fingerprint density at radius 1 is 1.14 bits per heavy atom. The molecule has 6 nitrogen and oxygen atoms in total. The quantitative estimate of drug-likeness (QED) is 0.491. The second-order valence-electron chi connectivity index (χ2n) is 8.26. The molecule has 1 aliphatic carbocycles. The first-order valence-corrected chi connectivity index (χ1v) is 11.2. The highest BCUT2D eigenvalue weighted by Crippen LogP contribution is 2.40. The standard InChI is InChI=1S/C23H38N4O2/c1-3-24-22(26-19-23(12-15-28-2)10-4-5-11-23)25-18-20-6-8-21(9-7-20)27-13-16-29-17-14-27/h6-9H,3-5,10-19H2,1-2H3,(H2,24,25,26). The number of anilines is 1. The smallest absolute Gasteiger partial charge is 0.191 e. The second kappa shape index (κ2) is 11.4. The Morgan fingerprint density at radius 3 is 2.52 bits per heavy atom. The molecule has 2 fully saturated rings. The lowest BCUT2D eigenvalue weighted by atomic mass is 9.83. The number of methoxy groups -OCH3 is 1. The molecule has 1 aromatic rings. The molecule has 1 heterocycles. The zero-order chi connectivity index (χ0) is 20.4. The van der Waals surface area contributed by atoms with Crippen molar-refractivity contribution in [2.45, 2.75) is 45.6 Å². The van der Waals surface area contributed by atoms with Crippen molar-refractivity contribution in [3.8, 4) is 0 Å². The first kappa shape index (κ1) is 21.9. The van der Waals surface area contributed by atoms with Gasteiger partial charge in [0.25, 0.3) is 0 Å². The van der Waals surface area contributed by atoms with E-state index >= 15 is 0 Å². The van der Waals surface area contributed by atoms with Crippen molar-refractivity contribution >= 4 is 11.6 Å². The van der Waals surface area contributed by atoms with Crippen LogP contribution in [0.25, 0.3) is 0 Å². The van der Waals surface area contributed by atoms with Crippen LogP contribution in [0.1, 0.15) is 44.6 Å². The van der Waals surface area contributed by atoms with Crippen LogP contribution < -0.4 is 15.5 Å². The maximum Gasteiger partial charge on any atom is 0.191 e. The minimum absolute atomic E-state index is 0.353. The topological polar surface area (TPSA) is 58.1 Å². The Bertz CT molecular complexity index is 620. The zero-order valence-electron chi connectivity index (χ0n) is 18.2. The van der Waals surface area contributed by atoms with E-state index in [2.05, 4.69) is 46.7 Å². The van der Waals surface area contributed by atoms with Crippen LogP contribution in [-0.4, -0.2) is 59.1 Å². The summed E-state index contributed by atoms with van der Waals surface area (Å²) in [5, 5.41) is 7.01. The van der Waals surface area contributed by atoms with Crippen LogP contribution in [0.15, 0.2) is 29.3 Å². The van der Waals surface area contributed by atoms with Crippen molar-refractivity contribution in [3.05, 3.63) is 29.8 Å². The molecule has 1 saturated heterocycles. The van der Waals surface area contributed by atoms with Crippen molar-refractivity contribution in [1.82, 2.24) is 10.6 Å². The first-order valence-electron chi connectivity index (χ1n) is 11.2. The molecular weight excluding hydrogens is 364 g/mol. The molecular formula is C23H38N4O2. The van der Waals surface area contributed by atoms with Gasteiger partial charge in [0, 0.05) is 45.6 Å². The van der Waals surface area contributed by atoms with E-state index in [0.717, 1.165) is 58.4 Å². The van der Waals surface area contributed by atoms with Crippen molar-refractivity contribution < 1.29 is 9.47 Å². The largest absolute Gasteiger partial charge is 0.385 e. The lowest BCUT2D eigenvalue weighted by molar-refractivity contribution is 0.122. The van der Waals surface area contributed by atoms with Gasteiger partial charge in [0.15, 0.2) is 5.96 Å². The Morgan fingerprint density at radius 2 is 1.86 bits per heavy atom. The molecule has 1 aliphatic heterocycles. The minimum Gasteiger partial charge on any atom is -0.385 e. The number of guanidine groups is 1. The molecule has 0 bridgehead atoms. The van der Waals surface area contributed by atoms with Crippen LogP contribution >= 0.6 is 0 Å². The molecule has 6 heteroatoms. The predicted molar refractivity (Wildman–Crippen MR) is 120 cm³/mol. The molecule has 0 unspecified atom stereocenters. The third-order valence-electron chi connectivity index (χ3n) is 6.21. The molecule has 0 radical (unpaired) electrons. The number of rotatable bonds is 9. The van der Waals surface area contributed by atoms with E-state index < -0.39 is 0 Å². The average Bonchev–Trinajstić information content (AvgIpc) is 3.24. The van der Waals surface area contributed by atoms with Gasteiger partial charge in [-0.1, -0.05) is 25.0 Å². The maximum atomic E-state index is 5.44. The van der Waals surface area contributed by atoms with Gasteiger partial charge in [-0.05, 0) is 49.3 Å². The minimum atomic E-state index is 0.353. The van der Waals surface area contributed by atoms with Crippen LogP contribution in [-0.2, 0) is 16.0 Å². The summed E-state index contributed by atoms with van der Waals surface area (Å²) in [6, 6.07) is 8.79. The molecule has 3 rings (SSSR count). The third-order valence-corrected chi connectivity index (χ3v) is 6.21. The molecule has 0 aromatic heterocycles. The lowest BCUT2D eigenvalue weighted by Gasteiger charge is -2.30. The van der Waals surface area contributed by atoms with Gasteiger partial charge in [-0.25, -0.2) is 4.99 Å². The van der Waals surface area contributed by atoms with Gasteiger partial charge in [-0.2, -0.15) is 0 Å². The van der Waals surface area contributed by atoms with Crippen LogP contribution in [0.3, 0.4) is 0 Å². The molecule has 162 valence electrons. The molecule has 1 saturated carbocycles. The van der Waals surface area contributed by atoms with Gasteiger partial charge in [-0.15, -0.1) is 0 Å². The average molecular weight is 403 g/mol. The molecule has 0 spiro atoms. The van der Waals surface area contributed by atoms with E-state index in [0.29, 0.717) is 12.0 Å². The molecule has 0 atom stereocenters. The SMILES string of the molecule is CCNC(=NCc1ccc(N2CCOCC2)cc1)NCC1(CCOC)CCCC1. The Balaban J connectivity index is 1.55. The van der Waals surface area contributed by atoms with Gasteiger partial charge in [0.2, 0.25) is 0 Å². The second-order valence-corrected chi connectivity index (χ2v) is 8.26. The Kier molecular flexibility index (Phi) is 8.62. The third kappa shape index (κ3) is 6.61. The van der Waals surface area contributed by atoms with E-state index in [1.807, 2.05) is 0 Å². The Hall–Kier alpha value is -1.79. The van der Waals surface area contributed by atoms with Gasteiger partial charge >= 0.3 is 0 Å². The summed E-state index contributed by atoms with van der Waals surface area (Å²) in [5.41, 5.74) is 2.85. The van der Waals surface area contributed by atoms with E-state index in [1.54, 1.807) is 7.11 Å². The summed E-state index contributed by atoms with van der Waals surface area (Å²) in [5.74, 6) is 0.911. The summed E-state index contributed by atoms with van der Waals surface area (Å²) in [4.78, 5) is 7.21. The number of morpholine rings is 1. The Labute approximate surface area is 176 Å². The van der Waals surface area contributed by atoms with Gasteiger partial charge in [0.1, 0.15) is 0 Å². The molecule has 2 aliphatic rings. The van der Waals surface area contributed by atoms with Crippen molar-refractivity contribution in [3.63, 3.8) is 0 Å². The number of nitrogens with one attached hydrogen (secondary N) is 2. The normalized spacial score (nSPS) is 19.4. The first-order chi connectivity index (χ1) is 14.2. The molecule has 1 aromatic carbocycles. The summed E-state index contributed by atoms with van der Waals surface area (Å²) >= 11 is 0. The highest BCUT2D eigenvalue weighted by molar-refractivity contribution is 5.79. The number of hydrogen-bond acceptors (Lipinski definition) is 4. The maximum absolute atomic E-state index is 5.44. The summed E-state index contributed by atoms with van der Waals surface area (Å²) in [6.45, 7) is 9.04. The van der Waals surface area contributed by atoms with Crippen LogP contribution in [0.5, 0.6) is 0 Å². The zero-order valence-corrected chi connectivity index (χ0v) is 18.2. The summed E-state index contributed by atoms with van der Waals surface area (Å²) < 4.78 is 10.8.